The molecule has 2 aromatic carbocycles. The maximum Gasteiger partial charge on any atom is 0.494 e. The largest absolute Gasteiger partial charge is 0.494 e. The minimum absolute atomic E-state index is 0.231. The van der Waals surface area contributed by atoms with Crippen LogP contribution in [0, 0.1) is 11.6 Å². The molecule has 12 heteroatoms. The molecule has 1 fully saturated rings. The standard InChI is InChI=1S/C13H15BF4O2.C7H3BrF4/c1-11(2)12(3,4)20-14(19-11)8-5-6-9(10(15)7-8)13(16,17)18;8-4-1-2-5(6(9)3-4)7(10,11)12/h5-7H,1-4H3;1-3H. The van der Waals surface area contributed by atoms with E-state index in [1.54, 1.807) is 0 Å². The molecule has 0 N–H and O–H groups in total. The van der Waals surface area contributed by atoms with Gasteiger partial charge in [-0.2, -0.15) is 26.3 Å². The van der Waals surface area contributed by atoms with Gasteiger partial charge in [0, 0.05) is 4.47 Å². The van der Waals surface area contributed by atoms with E-state index >= 15 is 0 Å². The molecule has 3 rings (SSSR count). The van der Waals surface area contributed by atoms with Crippen molar-refractivity contribution in [3.05, 3.63) is 63.6 Å². The third kappa shape index (κ3) is 6.02. The first-order valence-electron chi connectivity index (χ1n) is 9.10. The smallest absolute Gasteiger partial charge is 0.399 e. The lowest BCUT2D eigenvalue weighted by Crippen LogP contribution is -2.41. The molecular weight excluding hydrogens is 515 g/mol. The summed E-state index contributed by atoms with van der Waals surface area (Å²) < 4.78 is 111. The Morgan fingerprint density at radius 1 is 0.719 bits per heavy atom. The van der Waals surface area contributed by atoms with E-state index in [1.807, 2.05) is 27.7 Å². The summed E-state index contributed by atoms with van der Waals surface area (Å²) in [6.07, 6.45) is -9.33. The van der Waals surface area contributed by atoms with Crippen LogP contribution in [0.3, 0.4) is 0 Å². The van der Waals surface area contributed by atoms with Gasteiger partial charge < -0.3 is 9.31 Å². The number of benzene rings is 2. The molecule has 2 nitrogen and oxygen atoms in total. The Bertz CT molecular complexity index is 957. The van der Waals surface area contributed by atoms with Crippen molar-refractivity contribution < 1.29 is 44.4 Å². The van der Waals surface area contributed by atoms with E-state index in [2.05, 4.69) is 15.9 Å². The molecule has 1 heterocycles. The van der Waals surface area contributed by atoms with Gasteiger partial charge in [0.15, 0.2) is 0 Å². The normalized spacial score (nSPS) is 17.7. The lowest BCUT2D eigenvalue weighted by atomic mass is 9.78. The Morgan fingerprint density at radius 2 is 1.12 bits per heavy atom. The molecule has 2 aromatic rings. The lowest BCUT2D eigenvalue weighted by Gasteiger charge is -2.32. The van der Waals surface area contributed by atoms with Crippen LogP contribution in [0.25, 0.3) is 0 Å². The minimum atomic E-state index is -4.71. The Labute approximate surface area is 188 Å². The molecule has 176 valence electrons. The van der Waals surface area contributed by atoms with Gasteiger partial charge in [-0.25, -0.2) is 8.78 Å². The Kier molecular flexibility index (Phi) is 7.43. The second-order valence-corrected chi connectivity index (χ2v) is 8.86. The van der Waals surface area contributed by atoms with Crippen molar-refractivity contribution in [1.82, 2.24) is 0 Å². The monoisotopic (exact) mass is 532 g/mol. The molecule has 0 amide bonds. The number of hydrogen-bond donors (Lipinski definition) is 0. The van der Waals surface area contributed by atoms with E-state index in [9.17, 15) is 35.1 Å². The molecule has 0 unspecified atom stereocenters. The molecule has 0 radical (unpaired) electrons. The van der Waals surface area contributed by atoms with Crippen LogP contribution in [0.2, 0.25) is 0 Å². The van der Waals surface area contributed by atoms with E-state index in [-0.39, 0.29) is 9.94 Å². The number of alkyl halides is 6. The zero-order valence-electron chi connectivity index (χ0n) is 17.3. The molecule has 1 aliphatic heterocycles. The van der Waals surface area contributed by atoms with Crippen molar-refractivity contribution >= 4 is 28.5 Å². The van der Waals surface area contributed by atoms with Gasteiger partial charge in [-0.3, -0.25) is 0 Å². The minimum Gasteiger partial charge on any atom is -0.399 e. The number of hydrogen-bond acceptors (Lipinski definition) is 2. The summed E-state index contributed by atoms with van der Waals surface area (Å²) >= 11 is 2.86. The van der Waals surface area contributed by atoms with Gasteiger partial charge in [0.05, 0.1) is 22.3 Å². The predicted octanol–water partition coefficient (Wildman–Crippen LogP) is 6.75. The molecule has 1 saturated heterocycles. The quantitative estimate of drug-likeness (QED) is 0.299. The fraction of sp³-hybridized carbons (Fsp3) is 0.400. The van der Waals surface area contributed by atoms with Crippen LogP contribution in [0.4, 0.5) is 35.1 Å². The third-order valence-electron chi connectivity index (χ3n) is 5.06. The molecule has 0 bridgehead atoms. The molecular formula is C20H18BBrF8O2. The highest BCUT2D eigenvalue weighted by molar-refractivity contribution is 9.10. The van der Waals surface area contributed by atoms with Crippen molar-refractivity contribution in [3.63, 3.8) is 0 Å². The van der Waals surface area contributed by atoms with Gasteiger partial charge >= 0.3 is 19.5 Å². The molecule has 0 aliphatic carbocycles. The Morgan fingerprint density at radius 3 is 1.50 bits per heavy atom. The molecule has 0 atom stereocenters. The van der Waals surface area contributed by atoms with Gasteiger partial charge in [-0.15, -0.1) is 0 Å². The maximum atomic E-state index is 13.6. The van der Waals surface area contributed by atoms with Crippen LogP contribution < -0.4 is 5.46 Å². The van der Waals surface area contributed by atoms with Crippen molar-refractivity contribution in [1.29, 1.82) is 0 Å². The fourth-order valence-electron chi connectivity index (χ4n) is 2.61. The van der Waals surface area contributed by atoms with E-state index in [0.29, 0.717) is 12.1 Å². The van der Waals surface area contributed by atoms with Gasteiger partial charge in [-0.05, 0) is 63.5 Å². The summed E-state index contributed by atoms with van der Waals surface area (Å²) in [7, 11) is -0.878. The maximum absolute atomic E-state index is 13.6. The van der Waals surface area contributed by atoms with Crippen LogP contribution in [0.5, 0.6) is 0 Å². The zero-order chi connectivity index (χ0) is 24.7. The summed E-state index contributed by atoms with van der Waals surface area (Å²) in [6.45, 7) is 7.25. The van der Waals surface area contributed by atoms with Gasteiger partial charge in [0.25, 0.3) is 0 Å². The first-order valence-corrected chi connectivity index (χ1v) is 9.89. The van der Waals surface area contributed by atoms with Crippen LogP contribution in [-0.2, 0) is 21.7 Å². The first-order chi connectivity index (χ1) is 14.3. The lowest BCUT2D eigenvalue weighted by molar-refractivity contribution is -0.140. The average molecular weight is 533 g/mol. The second-order valence-electron chi connectivity index (χ2n) is 7.95. The highest BCUT2D eigenvalue weighted by Gasteiger charge is 2.52. The van der Waals surface area contributed by atoms with E-state index in [0.717, 1.165) is 18.2 Å². The first kappa shape index (κ1) is 26.6. The SMILES string of the molecule is CC1(C)OB(c2ccc(C(F)(F)F)c(F)c2)OC1(C)C.Fc1cc(Br)ccc1C(F)(F)F. The van der Waals surface area contributed by atoms with E-state index in [4.69, 9.17) is 9.31 Å². The van der Waals surface area contributed by atoms with Crippen molar-refractivity contribution in [3.8, 4) is 0 Å². The summed E-state index contributed by atoms with van der Waals surface area (Å²) in [5.74, 6) is -2.60. The second kappa shape index (κ2) is 8.94. The third-order valence-corrected chi connectivity index (χ3v) is 5.55. The van der Waals surface area contributed by atoms with Gasteiger partial charge in [0.1, 0.15) is 11.6 Å². The van der Waals surface area contributed by atoms with E-state index < -0.39 is 53.4 Å². The predicted molar refractivity (Wildman–Crippen MR) is 106 cm³/mol. The Hall–Kier alpha value is -1.66. The number of rotatable bonds is 1. The zero-order valence-corrected chi connectivity index (χ0v) is 18.8. The molecule has 0 spiro atoms. The average Bonchev–Trinajstić information content (AvgIpc) is 2.80. The highest BCUT2D eigenvalue weighted by Crippen LogP contribution is 2.37. The summed E-state index contributed by atoms with van der Waals surface area (Å²) in [5.41, 5.74) is -3.56. The van der Waals surface area contributed by atoms with Crippen molar-refractivity contribution in [2.24, 2.45) is 0 Å². The molecule has 0 aromatic heterocycles. The summed E-state index contributed by atoms with van der Waals surface area (Å²) in [4.78, 5) is 0. The van der Waals surface area contributed by atoms with Crippen LogP contribution in [0.15, 0.2) is 40.9 Å². The fourth-order valence-corrected chi connectivity index (χ4v) is 2.94. The van der Waals surface area contributed by atoms with Crippen LogP contribution >= 0.6 is 15.9 Å². The highest BCUT2D eigenvalue weighted by atomic mass is 79.9. The number of halogens is 9. The van der Waals surface area contributed by atoms with Crippen molar-refractivity contribution in [2.45, 2.75) is 51.2 Å². The topological polar surface area (TPSA) is 18.5 Å². The van der Waals surface area contributed by atoms with Crippen molar-refractivity contribution in [2.75, 3.05) is 0 Å². The summed E-state index contributed by atoms with van der Waals surface area (Å²) in [5, 5.41) is 0. The Balaban J connectivity index is 0.000000258. The van der Waals surface area contributed by atoms with E-state index in [1.165, 1.54) is 6.07 Å². The molecule has 32 heavy (non-hydrogen) atoms. The van der Waals surface area contributed by atoms with Gasteiger partial charge in [0.2, 0.25) is 0 Å². The molecule has 1 aliphatic rings. The summed E-state index contributed by atoms with van der Waals surface area (Å²) in [6, 6.07) is 5.31. The van der Waals surface area contributed by atoms with Crippen LogP contribution in [0.1, 0.15) is 38.8 Å². The van der Waals surface area contributed by atoms with Gasteiger partial charge in [-0.1, -0.05) is 22.0 Å². The van der Waals surface area contributed by atoms with Crippen LogP contribution in [-0.4, -0.2) is 18.3 Å². The molecule has 0 saturated carbocycles.